The number of unbranched alkanes of at least 4 members (excludes halogenated alkanes) is 2. The van der Waals surface area contributed by atoms with Crippen LogP contribution in [0.15, 0.2) is 24.3 Å². The summed E-state index contributed by atoms with van der Waals surface area (Å²) in [5.41, 5.74) is 6.69. The van der Waals surface area contributed by atoms with Gasteiger partial charge in [0.1, 0.15) is 12.4 Å². The van der Waals surface area contributed by atoms with Crippen LogP contribution in [0.25, 0.3) is 0 Å². The molecule has 1 aromatic rings. The molecule has 0 saturated carbocycles. The van der Waals surface area contributed by atoms with E-state index in [1.165, 1.54) is 0 Å². The van der Waals surface area contributed by atoms with Gasteiger partial charge in [0.05, 0.1) is 0 Å². The maximum atomic E-state index is 8.70. The monoisotopic (exact) mass is 266 g/mol. The summed E-state index contributed by atoms with van der Waals surface area (Å²) in [7, 11) is 2.10. The first-order chi connectivity index (χ1) is 9.26. The van der Waals surface area contributed by atoms with Crippen LogP contribution in [0.3, 0.4) is 0 Å². The van der Waals surface area contributed by atoms with E-state index in [9.17, 15) is 0 Å². The van der Waals surface area contributed by atoms with E-state index in [0.29, 0.717) is 19.8 Å². The van der Waals surface area contributed by atoms with Crippen LogP contribution in [-0.2, 0) is 6.54 Å². The van der Waals surface area contributed by atoms with Gasteiger partial charge in [-0.2, -0.15) is 0 Å². The molecule has 0 aromatic heterocycles. The van der Waals surface area contributed by atoms with Gasteiger partial charge >= 0.3 is 0 Å². The third-order valence-corrected chi connectivity index (χ3v) is 3.07. The molecule has 0 atom stereocenters. The second-order valence-electron chi connectivity index (χ2n) is 4.79. The van der Waals surface area contributed by atoms with Gasteiger partial charge in [0.15, 0.2) is 0 Å². The summed E-state index contributed by atoms with van der Waals surface area (Å²) in [5.74, 6) is 0.886. The van der Waals surface area contributed by atoms with Crippen LogP contribution in [0.4, 0.5) is 0 Å². The lowest BCUT2D eigenvalue weighted by Gasteiger charge is -2.16. The Bertz CT molecular complexity index is 345. The lowest BCUT2D eigenvalue weighted by molar-refractivity contribution is 0.230. The van der Waals surface area contributed by atoms with Crippen molar-refractivity contribution in [1.29, 1.82) is 0 Å². The molecule has 0 unspecified atom stereocenters. The van der Waals surface area contributed by atoms with Crippen molar-refractivity contribution in [1.82, 2.24) is 4.90 Å². The van der Waals surface area contributed by atoms with Gasteiger partial charge in [0.2, 0.25) is 0 Å². The van der Waals surface area contributed by atoms with E-state index in [0.717, 1.165) is 43.7 Å². The molecule has 0 spiro atoms. The van der Waals surface area contributed by atoms with Crippen LogP contribution in [0.1, 0.15) is 24.8 Å². The molecule has 1 aromatic carbocycles. The molecule has 0 heterocycles. The van der Waals surface area contributed by atoms with E-state index < -0.39 is 0 Å². The Morgan fingerprint density at radius 1 is 1.21 bits per heavy atom. The van der Waals surface area contributed by atoms with Crippen molar-refractivity contribution >= 4 is 0 Å². The number of hydrogen-bond acceptors (Lipinski definition) is 4. The van der Waals surface area contributed by atoms with Gasteiger partial charge in [0, 0.05) is 19.7 Å². The minimum Gasteiger partial charge on any atom is -0.492 e. The molecule has 0 radical (unpaired) electrons. The van der Waals surface area contributed by atoms with Crippen LogP contribution in [0.5, 0.6) is 5.75 Å². The van der Waals surface area contributed by atoms with E-state index in [-0.39, 0.29) is 0 Å². The minimum absolute atomic E-state index is 0.296. The number of aliphatic hydroxyl groups is 1. The normalized spacial score (nSPS) is 10.9. The van der Waals surface area contributed by atoms with Crippen molar-refractivity contribution in [2.45, 2.75) is 25.8 Å². The third-order valence-electron chi connectivity index (χ3n) is 3.07. The second kappa shape index (κ2) is 9.78. The highest BCUT2D eigenvalue weighted by molar-refractivity contribution is 5.28. The minimum atomic E-state index is 0.296. The number of benzene rings is 1. The molecule has 4 nitrogen and oxygen atoms in total. The van der Waals surface area contributed by atoms with Crippen LogP contribution < -0.4 is 10.5 Å². The average Bonchev–Trinajstić information content (AvgIpc) is 2.44. The highest BCUT2D eigenvalue weighted by atomic mass is 16.5. The molecule has 19 heavy (non-hydrogen) atoms. The van der Waals surface area contributed by atoms with Crippen molar-refractivity contribution < 1.29 is 9.84 Å². The van der Waals surface area contributed by atoms with Gasteiger partial charge < -0.3 is 20.5 Å². The molecule has 4 heteroatoms. The van der Waals surface area contributed by atoms with Crippen LogP contribution in [-0.4, -0.2) is 43.4 Å². The SMILES string of the molecule is CN(CCCCCO)CCOc1cccc(CN)c1. The molecule has 1 rings (SSSR count). The Morgan fingerprint density at radius 2 is 2.05 bits per heavy atom. The zero-order chi connectivity index (χ0) is 13.9. The number of nitrogens with two attached hydrogens (primary N) is 1. The first-order valence-corrected chi connectivity index (χ1v) is 6.97. The molecule has 3 N–H and O–H groups in total. The van der Waals surface area contributed by atoms with E-state index >= 15 is 0 Å². The van der Waals surface area contributed by atoms with Gasteiger partial charge in [-0.25, -0.2) is 0 Å². The maximum absolute atomic E-state index is 8.70. The number of nitrogens with zero attached hydrogens (tertiary/aromatic N) is 1. The second-order valence-corrected chi connectivity index (χ2v) is 4.79. The van der Waals surface area contributed by atoms with Crippen molar-refractivity contribution in [2.75, 3.05) is 33.4 Å². The Balaban J connectivity index is 2.15. The molecule has 0 fully saturated rings. The predicted molar refractivity (Wildman–Crippen MR) is 78.3 cm³/mol. The first-order valence-electron chi connectivity index (χ1n) is 6.97. The van der Waals surface area contributed by atoms with E-state index in [1.54, 1.807) is 0 Å². The smallest absolute Gasteiger partial charge is 0.119 e. The Labute approximate surface area is 116 Å². The van der Waals surface area contributed by atoms with Crippen LogP contribution in [0, 0.1) is 0 Å². The number of rotatable bonds is 10. The highest BCUT2D eigenvalue weighted by Crippen LogP contribution is 2.12. The Hall–Kier alpha value is -1.10. The molecular formula is C15H26N2O2. The van der Waals surface area contributed by atoms with Gasteiger partial charge in [0.25, 0.3) is 0 Å². The maximum Gasteiger partial charge on any atom is 0.119 e. The lowest BCUT2D eigenvalue weighted by Crippen LogP contribution is -2.25. The number of ether oxygens (including phenoxy) is 1. The average molecular weight is 266 g/mol. The summed E-state index contributed by atoms with van der Waals surface area (Å²) in [6.07, 6.45) is 3.11. The van der Waals surface area contributed by atoms with Crippen molar-refractivity contribution in [3.8, 4) is 5.75 Å². The van der Waals surface area contributed by atoms with Gasteiger partial charge in [-0.3, -0.25) is 0 Å². The van der Waals surface area contributed by atoms with Crippen molar-refractivity contribution in [2.24, 2.45) is 5.73 Å². The van der Waals surface area contributed by atoms with Crippen LogP contribution >= 0.6 is 0 Å². The summed E-state index contributed by atoms with van der Waals surface area (Å²) in [4.78, 5) is 2.25. The number of hydrogen-bond donors (Lipinski definition) is 2. The largest absolute Gasteiger partial charge is 0.492 e. The molecule has 0 aliphatic carbocycles. The quantitative estimate of drug-likeness (QED) is 0.632. The zero-order valence-electron chi connectivity index (χ0n) is 11.8. The fourth-order valence-electron chi connectivity index (χ4n) is 1.86. The fourth-order valence-corrected chi connectivity index (χ4v) is 1.86. The molecule has 108 valence electrons. The van der Waals surface area contributed by atoms with Gasteiger partial charge in [-0.05, 0) is 50.6 Å². The molecule has 0 bridgehead atoms. The summed E-state index contributed by atoms with van der Waals surface area (Å²) >= 11 is 0. The summed E-state index contributed by atoms with van der Waals surface area (Å²) in [5, 5.41) is 8.70. The van der Waals surface area contributed by atoms with Crippen LogP contribution in [0.2, 0.25) is 0 Å². The van der Waals surface area contributed by atoms with Crippen molar-refractivity contribution in [3.63, 3.8) is 0 Å². The van der Waals surface area contributed by atoms with E-state index in [2.05, 4.69) is 11.9 Å². The fraction of sp³-hybridized carbons (Fsp3) is 0.600. The lowest BCUT2D eigenvalue weighted by atomic mass is 10.2. The van der Waals surface area contributed by atoms with Gasteiger partial charge in [-0.15, -0.1) is 0 Å². The summed E-state index contributed by atoms with van der Waals surface area (Å²) < 4.78 is 5.71. The highest BCUT2D eigenvalue weighted by Gasteiger charge is 2.00. The first kappa shape index (κ1) is 16.0. The Morgan fingerprint density at radius 3 is 2.79 bits per heavy atom. The summed E-state index contributed by atoms with van der Waals surface area (Å²) in [6, 6.07) is 7.91. The predicted octanol–water partition coefficient (Wildman–Crippen LogP) is 1.62. The Kier molecular flexibility index (Phi) is 8.21. The topological polar surface area (TPSA) is 58.7 Å². The molecule has 0 aliphatic heterocycles. The standard InChI is InChI=1S/C15H26N2O2/c1-17(8-3-2-4-10-18)9-11-19-15-7-5-6-14(12-15)13-16/h5-7,12,18H,2-4,8-11,13,16H2,1H3. The van der Waals surface area contributed by atoms with E-state index in [4.69, 9.17) is 15.6 Å². The number of likely N-dealkylation sites (N-methyl/N-ethyl adjacent to an activating group) is 1. The van der Waals surface area contributed by atoms with Crippen molar-refractivity contribution in [3.05, 3.63) is 29.8 Å². The number of aliphatic hydroxyl groups excluding tert-OH is 1. The third kappa shape index (κ3) is 7.15. The van der Waals surface area contributed by atoms with Gasteiger partial charge in [-0.1, -0.05) is 12.1 Å². The molecule has 0 aliphatic rings. The zero-order valence-corrected chi connectivity index (χ0v) is 11.8. The van der Waals surface area contributed by atoms with E-state index in [1.807, 2.05) is 24.3 Å². The molecule has 0 amide bonds. The molecule has 0 saturated heterocycles. The molecular weight excluding hydrogens is 240 g/mol. The summed E-state index contributed by atoms with van der Waals surface area (Å²) in [6.45, 7) is 3.48.